The Bertz CT molecular complexity index is 631. The number of carbonyl (C=O) groups is 1. The molecule has 3 heteroatoms. The summed E-state index contributed by atoms with van der Waals surface area (Å²) in [6, 6.07) is 0. The van der Waals surface area contributed by atoms with Gasteiger partial charge in [-0.25, -0.2) is 0 Å². The molecule has 0 aromatic rings. The van der Waals surface area contributed by atoms with Crippen LogP contribution in [0.5, 0.6) is 0 Å². The smallest absolute Gasteiger partial charge is 0.172 e. The van der Waals surface area contributed by atoms with Gasteiger partial charge in [-0.05, 0) is 54.8 Å². The van der Waals surface area contributed by atoms with Crippen LogP contribution in [0.2, 0.25) is 0 Å². The van der Waals surface area contributed by atoms with Crippen LogP contribution in [0.3, 0.4) is 0 Å². The highest BCUT2D eigenvalue weighted by Crippen LogP contribution is 2.66. The Morgan fingerprint density at radius 1 is 1.08 bits per heavy atom. The third-order valence-corrected chi connectivity index (χ3v) is 8.93. The molecule has 5 rings (SSSR count). The molecule has 4 unspecified atom stereocenters. The minimum absolute atomic E-state index is 0.0458. The first kappa shape index (κ1) is 16.5. The lowest BCUT2D eigenvalue weighted by atomic mass is 9.47. The maximum atomic E-state index is 12.7. The van der Waals surface area contributed by atoms with Gasteiger partial charge >= 0.3 is 0 Å². The van der Waals surface area contributed by atoms with Gasteiger partial charge in [0.25, 0.3) is 0 Å². The van der Waals surface area contributed by atoms with E-state index in [4.69, 9.17) is 9.47 Å². The van der Waals surface area contributed by atoms with Crippen LogP contribution in [0.15, 0.2) is 11.6 Å². The molecule has 3 nitrogen and oxygen atoms in total. The number of hydrogen-bond donors (Lipinski definition) is 0. The van der Waals surface area contributed by atoms with Gasteiger partial charge < -0.3 is 9.47 Å². The van der Waals surface area contributed by atoms with Gasteiger partial charge in [0.2, 0.25) is 0 Å². The number of allylic oxidation sites excluding steroid dienone is 1. The number of carbonyl (C=O) groups excluding carboxylic acids is 1. The lowest BCUT2D eigenvalue weighted by molar-refractivity contribution is -0.185. The second-order valence-corrected chi connectivity index (χ2v) is 10.0. The minimum Gasteiger partial charge on any atom is -0.347 e. The Balaban J connectivity index is 1.49. The normalized spacial score (nSPS) is 51.0. The summed E-state index contributed by atoms with van der Waals surface area (Å²) in [5.74, 6) is 2.78. The van der Waals surface area contributed by atoms with Crippen molar-refractivity contribution in [3.63, 3.8) is 0 Å². The van der Waals surface area contributed by atoms with Crippen LogP contribution in [0.1, 0.15) is 65.7 Å². The van der Waals surface area contributed by atoms with E-state index < -0.39 is 0 Å². The molecule has 0 aromatic heterocycles. The quantitative estimate of drug-likeness (QED) is 0.607. The van der Waals surface area contributed by atoms with Crippen LogP contribution in [0.25, 0.3) is 0 Å². The lowest BCUT2D eigenvalue weighted by Crippen LogP contribution is -2.53. The van der Waals surface area contributed by atoms with E-state index in [1.807, 2.05) is 0 Å². The molecule has 0 N–H and O–H groups in total. The molecule has 0 amide bonds. The van der Waals surface area contributed by atoms with E-state index in [1.54, 1.807) is 5.57 Å². The standard InChI is InChI=1S/C22H32O3/c1-14-12-18(23)21(3)7-6-17-16(19(14)21)5-4-15-13-22(24-10-11-25-22)9-8-20(15,17)2/h4,14,16-17,19H,5-13H2,1-3H3/t14?,16?,17?,19?,20-,21+/m0/s1. The summed E-state index contributed by atoms with van der Waals surface area (Å²) in [7, 11) is 0. The topological polar surface area (TPSA) is 35.5 Å². The number of fused-ring (bicyclic) bond motifs is 5. The van der Waals surface area contributed by atoms with Gasteiger partial charge in [0.15, 0.2) is 5.79 Å². The Hall–Kier alpha value is -0.670. The summed E-state index contributed by atoms with van der Waals surface area (Å²) >= 11 is 0. The SMILES string of the molecule is CC1CC(=O)[C@@]2(C)CCC3C(CC=C4CC5(CC[C@@]43C)OCCO5)C12. The molecule has 1 saturated heterocycles. The zero-order chi connectivity index (χ0) is 17.4. The van der Waals surface area contributed by atoms with Crippen molar-refractivity contribution in [1.82, 2.24) is 0 Å². The molecule has 1 heterocycles. The molecule has 1 spiro atoms. The van der Waals surface area contributed by atoms with Gasteiger partial charge in [-0.1, -0.05) is 32.4 Å². The number of hydrogen-bond acceptors (Lipinski definition) is 3. The summed E-state index contributed by atoms with van der Waals surface area (Å²) in [6.07, 6.45) is 9.97. The third kappa shape index (κ3) is 2.09. The fourth-order valence-corrected chi connectivity index (χ4v) is 7.63. The van der Waals surface area contributed by atoms with Crippen molar-refractivity contribution in [1.29, 1.82) is 0 Å². The van der Waals surface area contributed by atoms with Gasteiger partial charge in [0.1, 0.15) is 5.78 Å². The fourth-order valence-electron chi connectivity index (χ4n) is 7.63. The van der Waals surface area contributed by atoms with Gasteiger partial charge in [0, 0.05) is 24.7 Å². The monoisotopic (exact) mass is 344 g/mol. The van der Waals surface area contributed by atoms with E-state index in [1.165, 1.54) is 12.8 Å². The predicted molar refractivity (Wildman–Crippen MR) is 95.9 cm³/mol. The van der Waals surface area contributed by atoms with Crippen molar-refractivity contribution in [2.24, 2.45) is 34.5 Å². The van der Waals surface area contributed by atoms with Crippen LogP contribution in [-0.2, 0) is 14.3 Å². The lowest BCUT2D eigenvalue weighted by Gasteiger charge is -2.58. The second-order valence-electron chi connectivity index (χ2n) is 10.0. The van der Waals surface area contributed by atoms with Crippen molar-refractivity contribution in [2.45, 2.75) is 71.5 Å². The zero-order valence-electron chi connectivity index (χ0n) is 16.0. The molecule has 0 bridgehead atoms. The van der Waals surface area contributed by atoms with E-state index in [9.17, 15) is 4.79 Å². The average Bonchev–Trinajstić information content (AvgIpc) is 3.12. The first-order valence-corrected chi connectivity index (χ1v) is 10.4. The molecule has 0 radical (unpaired) electrons. The van der Waals surface area contributed by atoms with Gasteiger partial charge in [-0.2, -0.15) is 0 Å². The summed E-state index contributed by atoms with van der Waals surface area (Å²) in [6.45, 7) is 8.60. The first-order chi connectivity index (χ1) is 11.9. The molecule has 0 aromatic carbocycles. The van der Waals surface area contributed by atoms with Crippen LogP contribution in [-0.4, -0.2) is 24.8 Å². The number of rotatable bonds is 0. The Morgan fingerprint density at radius 3 is 2.60 bits per heavy atom. The molecular formula is C22H32O3. The average molecular weight is 344 g/mol. The highest BCUT2D eigenvalue weighted by atomic mass is 16.7. The highest BCUT2D eigenvalue weighted by molar-refractivity contribution is 5.87. The number of ketones is 1. The molecule has 25 heavy (non-hydrogen) atoms. The van der Waals surface area contributed by atoms with E-state index in [-0.39, 0.29) is 16.6 Å². The predicted octanol–water partition coefficient (Wildman–Crippen LogP) is 4.51. The summed E-state index contributed by atoms with van der Waals surface area (Å²) in [5, 5.41) is 0. The van der Waals surface area contributed by atoms with Crippen LogP contribution in [0.4, 0.5) is 0 Å². The van der Waals surface area contributed by atoms with E-state index in [2.05, 4.69) is 26.8 Å². The van der Waals surface area contributed by atoms with Crippen molar-refractivity contribution in [3.8, 4) is 0 Å². The largest absolute Gasteiger partial charge is 0.347 e. The molecule has 138 valence electrons. The first-order valence-electron chi connectivity index (χ1n) is 10.4. The maximum absolute atomic E-state index is 12.7. The Morgan fingerprint density at radius 2 is 1.84 bits per heavy atom. The van der Waals surface area contributed by atoms with Gasteiger partial charge in [-0.3, -0.25) is 4.79 Å². The second kappa shape index (κ2) is 5.19. The zero-order valence-corrected chi connectivity index (χ0v) is 16.0. The maximum Gasteiger partial charge on any atom is 0.172 e. The molecule has 3 saturated carbocycles. The molecule has 6 atom stereocenters. The molecule has 4 aliphatic carbocycles. The van der Waals surface area contributed by atoms with Crippen molar-refractivity contribution >= 4 is 5.78 Å². The third-order valence-electron chi connectivity index (χ3n) is 8.93. The van der Waals surface area contributed by atoms with E-state index in [0.29, 0.717) is 23.5 Å². The highest BCUT2D eigenvalue weighted by Gasteiger charge is 2.61. The van der Waals surface area contributed by atoms with Crippen LogP contribution < -0.4 is 0 Å². The number of ether oxygens (including phenoxy) is 2. The Labute approximate surface area is 151 Å². The molecule has 5 aliphatic rings. The van der Waals surface area contributed by atoms with Crippen molar-refractivity contribution < 1.29 is 14.3 Å². The van der Waals surface area contributed by atoms with Gasteiger partial charge in [-0.15, -0.1) is 0 Å². The van der Waals surface area contributed by atoms with Crippen LogP contribution >= 0.6 is 0 Å². The Kier molecular flexibility index (Phi) is 3.43. The minimum atomic E-state index is -0.321. The van der Waals surface area contributed by atoms with Crippen molar-refractivity contribution in [3.05, 3.63) is 11.6 Å². The van der Waals surface area contributed by atoms with E-state index in [0.717, 1.165) is 51.2 Å². The van der Waals surface area contributed by atoms with Gasteiger partial charge in [0.05, 0.1) is 13.2 Å². The molecular weight excluding hydrogens is 312 g/mol. The van der Waals surface area contributed by atoms with Crippen molar-refractivity contribution in [2.75, 3.05) is 13.2 Å². The fraction of sp³-hybridized carbons (Fsp3) is 0.864. The van der Waals surface area contributed by atoms with E-state index >= 15 is 0 Å². The summed E-state index contributed by atoms with van der Waals surface area (Å²) in [5.41, 5.74) is 1.83. The number of Topliss-reactive ketones (excluding diaryl/α,β-unsaturated/α-hetero) is 1. The van der Waals surface area contributed by atoms with Crippen LogP contribution in [0, 0.1) is 34.5 Å². The summed E-state index contributed by atoms with van der Waals surface area (Å²) in [4.78, 5) is 12.7. The summed E-state index contributed by atoms with van der Waals surface area (Å²) < 4.78 is 12.0. The molecule has 1 aliphatic heterocycles. The molecule has 4 fully saturated rings.